The Balaban J connectivity index is 1.44. The van der Waals surface area contributed by atoms with Gasteiger partial charge in [-0.2, -0.15) is 0 Å². The highest BCUT2D eigenvalue weighted by Crippen LogP contribution is 2.26. The molecule has 2 aliphatic rings. The Kier molecular flexibility index (Phi) is 6.57. The molecule has 3 N–H and O–H groups in total. The highest BCUT2D eigenvalue weighted by molar-refractivity contribution is 6.30. The number of hydrogen-bond acceptors (Lipinski definition) is 3. The van der Waals surface area contributed by atoms with E-state index in [1.807, 2.05) is 12.1 Å². The van der Waals surface area contributed by atoms with Gasteiger partial charge in [-0.15, -0.1) is 0 Å². The molecule has 3 rings (SSSR count). The highest BCUT2D eigenvalue weighted by atomic mass is 35.5. The van der Waals surface area contributed by atoms with Crippen molar-refractivity contribution in [2.24, 2.45) is 4.99 Å². The van der Waals surface area contributed by atoms with Crippen molar-refractivity contribution in [2.75, 3.05) is 26.7 Å². The van der Waals surface area contributed by atoms with E-state index in [9.17, 15) is 5.11 Å². The first-order valence-electron chi connectivity index (χ1n) is 9.30. The Labute approximate surface area is 155 Å². The van der Waals surface area contributed by atoms with Gasteiger partial charge in [0.05, 0.1) is 6.10 Å². The maximum atomic E-state index is 10.3. The van der Waals surface area contributed by atoms with Crippen LogP contribution in [0.2, 0.25) is 5.02 Å². The third-order valence-corrected chi connectivity index (χ3v) is 5.59. The molecule has 2 fully saturated rings. The van der Waals surface area contributed by atoms with Gasteiger partial charge in [0.25, 0.3) is 0 Å². The standard InChI is InChI=1S/C19H29ClN4O/c1-21-19(22-12-18(25)14-6-8-15(20)9-7-14)23-16-10-11-24(13-16)17-4-2-3-5-17/h6-9,16-18,25H,2-5,10-13H2,1H3,(H2,21,22,23). The number of aliphatic hydroxyl groups is 1. The monoisotopic (exact) mass is 364 g/mol. The molecule has 0 bridgehead atoms. The van der Waals surface area contributed by atoms with Gasteiger partial charge in [-0.25, -0.2) is 0 Å². The van der Waals surface area contributed by atoms with E-state index in [2.05, 4.69) is 20.5 Å². The Morgan fingerprint density at radius 2 is 2.00 bits per heavy atom. The first-order chi connectivity index (χ1) is 12.2. The smallest absolute Gasteiger partial charge is 0.191 e. The fraction of sp³-hybridized carbons (Fsp3) is 0.632. The molecule has 1 aliphatic carbocycles. The zero-order valence-corrected chi connectivity index (χ0v) is 15.7. The van der Waals surface area contributed by atoms with Crippen LogP contribution in [0.3, 0.4) is 0 Å². The third-order valence-electron chi connectivity index (χ3n) is 5.34. The minimum absolute atomic E-state index is 0.417. The molecule has 0 radical (unpaired) electrons. The molecule has 0 spiro atoms. The van der Waals surface area contributed by atoms with Gasteiger partial charge in [0, 0.05) is 43.8 Å². The van der Waals surface area contributed by atoms with Gasteiger partial charge in [0.2, 0.25) is 0 Å². The maximum absolute atomic E-state index is 10.3. The van der Waals surface area contributed by atoms with E-state index in [0.29, 0.717) is 17.6 Å². The minimum atomic E-state index is -0.589. The molecule has 1 saturated carbocycles. The zero-order chi connectivity index (χ0) is 17.6. The highest BCUT2D eigenvalue weighted by Gasteiger charge is 2.30. The van der Waals surface area contributed by atoms with Crippen molar-refractivity contribution in [3.05, 3.63) is 34.9 Å². The Bertz CT molecular complexity index is 571. The second-order valence-electron chi connectivity index (χ2n) is 7.08. The number of nitrogens with zero attached hydrogens (tertiary/aromatic N) is 2. The van der Waals surface area contributed by atoms with Gasteiger partial charge in [-0.05, 0) is 37.0 Å². The molecular formula is C19H29ClN4O. The van der Waals surface area contributed by atoms with Gasteiger partial charge >= 0.3 is 0 Å². The molecule has 1 aromatic carbocycles. The van der Waals surface area contributed by atoms with Crippen LogP contribution < -0.4 is 10.6 Å². The summed E-state index contributed by atoms with van der Waals surface area (Å²) in [5.74, 6) is 0.756. The number of aliphatic hydroxyl groups excluding tert-OH is 1. The first-order valence-corrected chi connectivity index (χ1v) is 9.68. The number of halogens is 1. The summed E-state index contributed by atoms with van der Waals surface area (Å²) < 4.78 is 0. The van der Waals surface area contributed by atoms with Gasteiger partial charge in [0.1, 0.15) is 0 Å². The van der Waals surface area contributed by atoms with Gasteiger partial charge in [-0.3, -0.25) is 9.89 Å². The average molecular weight is 365 g/mol. The number of aliphatic imine (C=N–C) groups is 1. The van der Waals surface area contributed by atoms with Crippen LogP contribution in [0, 0.1) is 0 Å². The van der Waals surface area contributed by atoms with Crippen molar-refractivity contribution in [3.8, 4) is 0 Å². The molecule has 1 saturated heterocycles. The maximum Gasteiger partial charge on any atom is 0.191 e. The minimum Gasteiger partial charge on any atom is -0.387 e. The zero-order valence-electron chi connectivity index (χ0n) is 14.9. The second kappa shape index (κ2) is 8.88. The van der Waals surface area contributed by atoms with E-state index in [1.54, 1.807) is 19.2 Å². The topological polar surface area (TPSA) is 59.9 Å². The quantitative estimate of drug-likeness (QED) is 0.555. The first kappa shape index (κ1) is 18.5. The van der Waals surface area contributed by atoms with E-state index in [1.165, 1.54) is 32.2 Å². The Morgan fingerprint density at radius 3 is 2.68 bits per heavy atom. The number of likely N-dealkylation sites (tertiary alicyclic amines) is 1. The van der Waals surface area contributed by atoms with E-state index in [0.717, 1.165) is 30.5 Å². The molecule has 138 valence electrons. The van der Waals surface area contributed by atoms with Crippen molar-refractivity contribution in [1.82, 2.24) is 15.5 Å². The molecule has 5 nitrogen and oxygen atoms in total. The second-order valence-corrected chi connectivity index (χ2v) is 7.52. The van der Waals surface area contributed by atoms with Crippen molar-refractivity contribution < 1.29 is 5.11 Å². The predicted octanol–water partition coefficient (Wildman–Crippen LogP) is 2.56. The summed E-state index contributed by atoms with van der Waals surface area (Å²) in [4.78, 5) is 6.92. The molecule has 6 heteroatoms. The van der Waals surface area contributed by atoms with Crippen LogP contribution in [0.25, 0.3) is 0 Å². The molecule has 1 heterocycles. The van der Waals surface area contributed by atoms with Crippen LogP contribution in [0.1, 0.15) is 43.8 Å². The van der Waals surface area contributed by atoms with Gasteiger partial charge in [0.15, 0.2) is 5.96 Å². The Morgan fingerprint density at radius 1 is 1.28 bits per heavy atom. The van der Waals surface area contributed by atoms with Gasteiger partial charge < -0.3 is 15.7 Å². The van der Waals surface area contributed by atoms with E-state index in [-0.39, 0.29) is 0 Å². The fourth-order valence-corrected chi connectivity index (χ4v) is 4.02. The van der Waals surface area contributed by atoms with Crippen LogP contribution in [0.5, 0.6) is 0 Å². The number of guanidine groups is 1. The van der Waals surface area contributed by atoms with Crippen molar-refractivity contribution in [1.29, 1.82) is 0 Å². The number of hydrogen-bond donors (Lipinski definition) is 3. The molecule has 1 aliphatic heterocycles. The lowest BCUT2D eigenvalue weighted by molar-refractivity contribution is 0.180. The van der Waals surface area contributed by atoms with E-state index >= 15 is 0 Å². The van der Waals surface area contributed by atoms with Crippen LogP contribution in [0.15, 0.2) is 29.3 Å². The molecule has 25 heavy (non-hydrogen) atoms. The predicted molar refractivity (Wildman–Crippen MR) is 103 cm³/mol. The van der Waals surface area contributed by atoms with E-state index < -0.39 is 6.10 Å². The number of nitrogens with one attached hydrogen (secondary N) is 2. The van der Waals surface area contributed by atoms with Crippen LogP contribution in [0.4, 0.5) is 0 Å². The van der Waals surface area contributed by atoms with Crippen molar-refractivity contribution in [3.63, 3.8) is 0 Å². The number of rotatable bonds is 5. The number of benzene rings is 1. The molecule has 1 aromatic rings. The SMILES string of the molecule is CN=C(NCC(O)c1ccc(Cl)cc1)NC1CCN(C2CCCC2)C1. The lowest BCUT2D eigenvalue weighted by atomic mass is 10.1. The summed E-state index contributed by atoms with van der Waals surface area (Å²) in [5.41, 5.74) is 0.848. The van der Waals surface area contributed by atoms with Crippen molar-refractivity contribution >= 4 is 17.6 Å². The normalized spacial score (nSPS) is 23.8. The van der Waals surface area contributed by atoms with Crippen LogP contribution in [-0.4, -0.2) is 54.7 Å². The van der Waals surface area contributed by atoms with E-state index in [4.69, 9.17) is 11.6 Å². The average Bonchev–Trinajstić information content (AvgIpc) is 3.30. The lowest BCUT2D eigenvalue weighted by Gasteiger charge is -2.24. The Hall–Kier alpha value is -1.30. The molecule has 2 unspecified atom stereocenters. The third kappa shape index (κ3) is 5.09. The largest absolute Gasteiger partial charge is 0.387 e. The lowest BCUT2D eigenvalue weighted by Crippen LogP contribution is -2.46. The van der Waals surface area contributed by atoms with Crippen LogP contribution in [-0.2, 0) is 0 Å². The molecule has 2 atom stereocenters. The summed E-state index contributed by atoms with van der Waals surface area (Å²) >= 11 is 5.89. The molecular weight excluding hydrogens is 336 g/mol. The van der Waals surface area contributed by atoms with Crippen molar-refractivity contribution in [2.45, 2.75) is 50.3 Å². The summed E-state index contributed by atoms with van der Waals surface area (Å²) in [7, 11) is 1.77. The summed E-state index contributed by atoms with van der Waals surface area (Å²) in [6, 6.07) is 8.50. The summed E-state index contributed by atoms with van der Waals surface area (Å²) in [6.45, 7) is 2.68. The van der Waals surface area contributed by atoms with Crippen LogP contribution >= 0.6 is 11.6 Å². The molecule has 0 amide bonds. The summed E-state index contributed by atoms with van der Waals surface area (Å²) in [6.07, 6.45) is 6.03. The van der Waals surface area contributed by atoms with Gasteiger partial charge in [-0.1, -0.05) is 36.6 Å². The molecule has 0 aromatic heterocycles. The summed E-state index contributed by atoms with van der Waals surface area (Å²) in [5, 5.41) is 17.7. The fourth-order valence-electron chi connectivity index (χ4n) is 3.89.